The number of nitrogens with one attached hydrogen (secondary N) is 1. The molecule has 1 N–H and O–H groups in total. The summed E-state index contributed by atoms with van der Waals surface area (Å²) >= 11 is 0. The molecule has 0 saturated carbocycles. The van der Waals surface area contributed by atoms with Gasteiger partial charge in [-0.15, -0.1) is 0 Å². The lowest BCUT2D eigenvalue weighted by Crippen LogP contribution is -2.48. The first kappa shape index (κ1) is 17.8. The van der Waals surface area contributed by atoms with Crippen molar-refractivity contribution in [2.75, 3.05) is 38.2 Å². The van der Waals surface area contributed by atoms with Crippen molar-refractivity contribution < 1.29 is 19.0 Å². The highest BCUT2D eigenvalue weighted by Gasteiger charge is 2.29. The molecular formula is C21H24N2O4. The van der Waals surface area contributed by atoms with Crippen molar-refractivity contribution in [1.29, 1.82) is 0 Å². The molecule has 2 aromatic carbocycles. The van der Waals surface area contributed by atoms with E-state index in [0.717, 1.165) is 12.1 Å². The number of hydrogen-bond donors (Lipinski definition) is 1. The maximum Gasteiger partial charge on any atom is 0.241 e. The molecule has 1 fully saturated rings. The minimum atomic E-state index is -0.256. The summed E-state index contributed by atoms with van der Waals surface area (Å²) in [5.74, 6) is 1.34. The Hall–Kier alpha value is -2.57. The first-order valence-corrected chi connectivity index (χ1v) is 9.32. The molecule has 1 saturated heterocycles. The summed E-state index contributed by atoms with van der Waals surface area (Å²) in [5.41, 5.74) is 1.85. The molecule has 2 aliphatic heterocycles. The van der Waals surface area contributed by atoms with Gasteiger partial charge in [-0.25, -0.2) is 0 Å². The third-order valence-corrected chi connectivity index (χ3v) is 5.01. The number of nitrogens with zero attached hydrogens (tertiary/aromatic N) is 1. The van der Waals surface area contributed by atoms with Gasteiger partial charge in [0.05, 0.1) is 18.8 Å². The lowest BCUT2D eigenvalue weighted by molar-refractivity contribution is -0.124. The average Bonchev–Trinajstić information content (AvgIpc) is 2.74. The summed E-state index contributed by atoms with van der Waals surface area (Å²) in [4.78, 5) is 14.9. The molecule has 0 radical (unpaired) electrons. The molecule has 4 rings (SSSR count). The highest BCUT2D eigenvalue weighted by molar-refractivity contribution is 5.94. The summed E-state index contributed by atoms with van der Waals surface area (Å²) in [7, 11) is 0. The summed E-state index contributed by atoms with van der Waals surface area (Å²) in [6.07, 6.45) is -0.00973. The van der Waals surface area contributed by atoms with Gasteiger partial charge in [0.15, 0.2) is 11.5 Å². The molecule has 2 aromatic rings. The number of hydrogen-bond acceptors (Lipinski definition) is 5. The number of carbonyl (C=O) groups is 1. The standard InChI is InChI=1S/C21H24N2O4/c1-15(23-9-10-25-20(14-23)16-5-3-2-4-6-16)21(24)22-17-7-8-18-19(13-17)27-12-11-26-18/h2-8,13,15,20H,9-12,14H2,1H3,(H,22,24). The van der Waals surface area contributed by atoms with Crippen LogP contribution in [0.3, 0.4) is 0 Å². The highest BCUT2D eigenvalue weighted by Crippen LogP contribution is 2.32. The first-order chi connectivity index (χ1) is 13.2. The van der Waals surface area contributed by atoms with Gasteiger partial charge < -0.3 is 19.5 Å². The fourth-order valence-corrected chi connectivity index (χ4v) is 3.42. The van der Waals surface area contributed by atoms with E-state index >= 15 is 0 Å². The van der Waals surface area contributed by atoms with E-state index in [4.69, 9.17) is 14.2 Å². The Bertz CT molecular complexity index is 796. The number of fused-ring (bicyclic) bond motifs is 1. The zero-order valence-electron chi connectivity index (χ0n) is 15.4. The van der Waals surface area contributed by atoms with Crippen molar-refractivity contribution in [3.05, 3.63) is 54.1 Å². The Morgan fingerprint density at radius 2 is 1.85 bits per heavy atom. The molecule has 0 bridgehead atoms. The summed E-state index contributed by atoms with van der Waals surface area (Å²) < 4.78 is 17.0. The normalized spacial score (nSPS) is 20.7. The zero-order valence-corrected chi connectivity index (χ0v) is 15.4. The number of rotatable bonds is 4. The van der Waals surface area contributed by atoms with Crippen molar-refractivity contribution >= 4 is 11.6 Å². The van der Waals surface area contributed by atoms with Crippen LogP contribution < -0.4 is 14.8 Å². The zero-order chi connectivity index (χ0) is 18.6. The van der Waals surface area contributed by atoms with E-state index in [1.165, 1.54) is 0 Å². The van der Waals surface area contributed by atoms with Crippen LogP contribution in [0.1, 0.15) is 18.6 Å². The second-order valence-corrected chi connectivity index (χ2v) is 6.79. The van der Waals surface area contributed by atoms with Gasteiger partial charge in [-0.05, 0) is 24.6 Å². The molecule has 0 aromatic heterocycles. The second-order valence-electron chi connectivity index (χ2n) is 6.79. The quantitative estimate of drug-likeness (QED) is 0.899. The van der Waals surface area contributed by atoms with Gasteiger partial charge in [0.25, 0.3) is 0 Å². The van der Waals surface area contributed by atoms with Gasteiger partial charge in [-0.2, -0.15) is 0 Å². The van der Waals surface area contributed by atoms with E-state index in [1.54, 1.807) is 0 Å². The Labute approximate surface area is 159 Å². The molecule has 2 heterocycles. The van der Waals surface area contributed by atoms with Crippen LogP contribution in [-0.4, -0.2) is 49.8 Å². The fourth-order valence-electron chi connectivity index (χ4n) is 3.42. The van der Waals surface area contributed by atoms with Crippen molar-refractivity contribution in [2.45, 2.75) is 19.1 Å². The van der Waals surface area contributed by atoms with Crippen LogP contribution in [0, 0.1) is 0 Å². The molecule has 2 atom stereocenters. The number of morpholine rings is 1. The molecule has 2 unspecified atom stereocenters. The van der Waals surface area contributed by atoms with Crippen molar-refractivity contribution in [3.63, 3.8) is 0 Å². The average molecular weight is 368 g/mol. The van der Waals surface area contributed by atoms with Crippen molar-refractivity contribution in [2.24, 2.45) is 0 Å². The second kappa shape index (κ2) is 7.98. The first-order valence-electron chi connectivity index (χ1n) is 9.32. The summed E-state index contributed by atoms with van der Waals surface area (Å²) in [5, 5.41) is 2.99. The molecule has 2 aliphatic rings. The Kier molecular flexibility index (Phi) is 5.27. The third-order valence-electron chi connectivity index (χ3n) is 5.01. The molecule has 6 heteroatoms. The maximum absolute atomic E-state index is 12.8. The van der Waals surface area contributed by atoms with E-state index < -0.39 is 0 Å². The van der Waals surface area contributed by atoms with Gasteiger partial charge in [-0.3, -0.25) is 9.69 Å². The molecule has 0 spiro atoms. The molecule has 27 heavy (non-hydrogen) atoms. The van der Waals surface area contributed by atoms with Crippen LogP contribution in [0.5, 0.6) is 11.5 Å². The van der Waals surface area contributed by atoms with Gasteiger partial charge in [0.1, 0.15) is 13.2 Å². The maximum atomic E-state index is 12.8. The van der Waals surface area contributed by atoms with Gasteiger partial charge in [0.2, 0.25) is 5.91 Å². The SMILES string of the molecule is CC(C(=O)Nc1ccc2c(c1)OCCO2)N1CCOC(c2ccccc2)C1. The number of benzene rings is 2. The Balaban J connectivity index is 1.40. The van der Waals surface area contributed by atoms with Crippen molar-refractivity contribution in [1.82, 2.24) is 4.90 Å². The minimum Gasteiger partial charge on any atom is -0.486 e. The predicted octanol–water partition coefficient (Wildman–Crippen LogP) is 2.86. The van der Waals surface area contributed by atoms with Crippen LogP contribution >= 0.6 is 0 Å². The third kappa shape index (κ3) is 4.07. The molecule has 0 aliphatic carbocycles. The topological polar surface area (TPSA) is 60.0 Å². The van der Waals surface area contributed by atoms with E-state index in [0.29, 0.717) is 43.6 Å². The van der Waals surface area contributed by atoms with E-state index in [2.05, 4.69) is 22.3 Å². The van der Waals surface area contributed by atoms with Crippen molar-refractivity contribution in [3.8, 4) is 11.5 Å². The van der Waals surface area contributed by atoms with Crippen LogP contribution in [0.4, 0.5) is 5.69 Å². The van der Waals surface area contributed by atoms with Crippen LogP contribution in [0.2, 0.25) is 0 Å². The van der Waals surface area contributed by atoms with E-state index in [9.17, 15) is 4.79 Å². The lowest BCUT2D eigenvalue weighted by Gasteiger charge is -2.36. The molecule has 1 amide bonds. The largest absolute Gasteiger partial charge is 0.486 e. The lowest BCUT2D eigenvalue weighted by atomic mass is 10.1. The fraction of sp³-hybridized carbons (Fsp3) is 0.381. The van der Waals surface area contributed by atoms with Gasteiger partial charge in [-0.1, -0.05) is 30.3 Å². The van der Waals surface area contributed by atoms with Gasteiger partial charge in [0, 0.05) is 24.8 Å². The van der Waals surface area contributed by atoms with Gasteiger partial charge >= 0.3 is 0 Å². The molecular weight excluding hydrogens is 344 g/mol. The predicted molar refractivity (Wildman–Crippen MR) is 102 cm³/mol. The van der Waals surface area contributed by atoms with Crippen LogP contribution in [-0.2, 0) is 9.53 Å². The number of anilines is 1. The van der Waals surface area contributed by atoms with E-state index in [1.807, 2.05) is 43.3 Å². The molecule has 142 valence electrons. The molecule has 6 nitrogen and oxygen atoms in total. The minimum absolute atomic E-state index is 0.00973. The monoisotopic (exact) mass is 368 g/mol. The number of carbonyl (C=O) groups excluding carboxylic acids is 1. The Morgan fingerprint density at radius 1 is 1.07 bits per heavy atom. The van der Waals surface area contributed by atoms with Crippen LogP contribution in [0.15, 0.2) is 48.5 Å². The Morgan fingerprint density at radius 3 is 2.67 bits per heavy atom. The number of ether oxygens (including phenoxy) is 3. The van der Waals surface area contributed by atoms with E-state index in [-0.39, 0.29) is 18.1 Å². The smallest absolute Gasteiger partial charge is 0.241 e. The summed E-state index contributed by atoms with van der Waals surface area (Å²) in [6.45, 7) is 5.05. The number of amides is 1. The summed E-state index contributed by atoms with van der Waals surface area (Å²) in [6, 6.07) is 15.4. The van der Waals surface area contributed by atoms with Crippen LogP contribution in [0.25, 0.3) is 0 Å². The highest BCUT2D eigenvalue weighted by atomic mass is 16.6.